The van der Waals surface area contributed by atoms with Gasteiger partial charge in [0.25, 0.3) is 0 Å². The highest BCUT2D eigenvalue weighted by Crippen LogP contribution is 2.22. The van der Waals surface area contributed by atoms with Crippen molar-refractivity contribution in [2.24, 2.45) is 0 Å². The molecule has 20 heavy (non-hydrogen) atoms. The molecule has 0 atom stereocenters. The Hall–Kier alpha value is -1.94. The summed E-state index contributed by atoms with van der Waals surface area (Å²) in [4.78, 5) is 6.23. The number of aromatic nitrogens is 1. The van der Waals surface area contributed by atoms with E-state index in [1.165, 1.54) is 6.07 Å². The van der Waals surface area contributed by atoms with E-state index in [1.54, 1.807) is 12.3 Å². The molecule has 0 fully saturated rings. The van der Waals surface area contributed by atoms with Crippen molar-refractivity contribution in [1.82, 2.24) is 10.3 Å². The highest BCUT2D eigenvalue weighted by molar-refractivity contribution is 5.53. The molecule has 2 aromatic rings. The van der Waals surface area contributed by atoms with Gasteiger partial charge < -0.3 is 10.2 Å². The topological polar surface area (TPSA) is 28.2 Å². The number of hydrogen-bond donors (Lipinski definition) is 1. The first kappa shape index (κ1) is 14.5. The second-order valence-electron chi connectivity index (χ2n) is 4.77. The predicted molar refractivity (Wildman–Crippen MR) is 80.1 cm³/mol. The summed E-state index contributed by atoms with van der Waals surface area (Å²) in [6.07, 6.45) is 3.61. The lowest BCUT2D eigenvalue weighted by Crippen LogP contribution is -2.21. The molecule has 4 heteroatoms. The van der Waals surface area contributed by atoms with Crippen molar-refractivity contribution in [3.05, 3.63) is 59.7 Å². The molecule has 0 radical (unpaired) electrons. The molecular formula is C16H20FN3. The maximum atomic E-state index is 13.4. The predicted octanol–water partition coefficient (Wildman–Crippen LogP) is 2.97. The van der Waals surface area contributed by atoms with Gasteiger partial charge in [0.05, 0.1) is 0 Å². The fraction of sp³-hybridized carbons (Fsp3) is 0.312. The zero-order chi connectivity index (χ0) is 14.4. The molecule has 0 saturated carbocycles. The monoisotopic (exact) mass is 273 g/mol. The molecule has 0 unspecified atom stereocenters. The Labute approximate surface area is 119 Å². The fourth-order valence-corrected chi connectivity index (χ4v) is 2.18. The van der Waals surface area contributed by atoms with Crippen LogP contribution < -0.4 is 10.2 Å². The zero-order valence-electron chi connectivity index (χ0n) is 11.9. The molecule has 106 valence electrons. The SMILES string of the molecule is CCNCc1cc(F)ccc1N(C)Cc1cccnc1. The summed E-state index contributed by atoms with van der Waals surface area (Å²) in [5, 5.41) is 3.25. The number of hydrogen-bond acceptors (Lipinski definition) is 3. The van der Waals surface area contributed by atoms with Gasteiger partial charge >= 0.3 is 0 Å². The minimum Gasteiger partial charge on any atom is -0.370 e. The summed E-state index contributed by atoms with van der Waals surface area (Å²) in [5.74, 6) is -0.198. The van der Waals surface area contributed by atoms with Crippen molar-refractivity contribution >= 4 is 5.69 Å². The van der Waals surface area contributed by atoms with Crippen LogP contribution in [0.3, 0.4) is 0 Å². The van der Waals surface area contributed by atoms with Crippen LogP contribution in [-0.4, -0.2) is 18.6 Å². The van der Waals surface area contributed by atoms with Gasteiger partial charge in [-0.3, -0.25) is 4.98 Å². The summed E-state index contributed by atoms with van der Waals surface area (Å²) < 4.78 is 13.4. The Morgan fingerprint density at radius 1 is 1.30 bits per heavy atom. The number of nitrogens with zero attached hydrogens (tertiary/aromatic N) is 2. The molecule has 0 aliphatic carbocycles. The minimum absolute atomic E-state index is 0.198. The second-order valence-corrected chi connectivity index (χ2v) is 4.77. The molecule has 0 spiro atoms. The molecular weight excluding hydrogens is 253 g/mol. The first-order valence-corrected chi connectivity index (χ1v) is 6.80. The average Bonchev–Trinajstić information content (AvgIpc) is 2.46. The number of nitrogens with one attached hydrogen (secondary N) is 1. The number of benzene rings is 1. The summed E-state index contributed by atoms with van der Waals surface area (Å²) in [5.41, 5.74) is 3.14. The molecule has 1 aromatic heterocycles. The summed E-state index contributed by atoms with van der Waals surface area (Å²) in [6, 6.07) is 8.89. The van der Waals surface area contributed by atoms with Crippen LogP contribution in [0.1, 0.15) is 18.1 Å². The van der Waals surface area contributed by atoms with Crippen molar-refractivity contribution in [3.8, 4) is 0 Å². The van der Waals surface area contributed by atoms with Crippen molar-refractivity contribution in [2.75, 3.05) is 18.5 Å². The van der Waals surface area contributed by atoms with Gasteiger partial charge in [0.2, 0.25) is 0 Å². The average molecular weight is 273 g/mol. The van der Waals surface area contributed by atoms with Gasteiger partial charge in [-0.25, -0.2) is 4.39 Å². The Morgan fingerprint density at radius 3 is 2.85 bits per heavy atom. The molecule has 2 rings (SSSR count). The van der Waals surface area contributed by atoms with Crippen molar-refractivity contribution in [3.63, 3.8) is 0 Å². The fourth-order valence-electron chi connectivity index (χ4n) is 2.18. The van der Waals surface area contributed by atoms with E-state index in [1.807, 2.05) is 38.4 Å². The van der Waals surface area contributed by atoms with Gasteiger partial charge in [0, 0.05) is 38.2 Å². The summed E-state index contributed by atoms with van der Waals surface area (Å²) in [6.45, 7) is 4.32. The van der Waals surface area contributed by atoms with E-state index in [-0.39, 0.29) is 5.82 Å². The Balaban J connectivity index is 2.18. The van der Waals surface area contributed by atoms with E-state index in [2.05, 4.69) is 15.2 Å². The lowest BCUT2D eigenvalue weighted by Gasteiger charge is -2.22. The number of anilines is 1. The molecule has 3 nitrogen and oxygen atoms in total. The molecule has 0 bridgehead atoms. The second kappa shape index (κ2) is 7.01. The maximum Gasteiger partial charge on any atom is 0.123 e. The molecule has 1 N–H and O–H groups in total. The van der Waals surface area contributed by atoms with Crippen LogP contribution in [0.5, 0.6) is 0 Å². The van der Waals surface area contributed by atoms with Gasteiger partial charge in [-0.2, -0.15) is 0 Å². The molecule has 1 heterocycles. The molecule has 0 aliphatic heterocycles. The Kier molecular flexibility index (Phi) is 5.07. The van der Waals surface area contributed by atoms with E-state index in [0.29, 0.717) is 6.54 Å². The van der Waals surface area contributed by atoms with E-state index in [9.17, 15) is 4.39 Å². The minimum atomic E-state index is -0.198. The highest BCUT2D eigenvalue weighted by atomic mass is 19.1. The Bertz CT molecular complexity index is 543. The van der Waals surface area contributed by atoms with E-state index in [4.69, 9.17) is 0 Å². The van der Waals surface area contributed by atoms with Crippen molar-refractivity contribution in [1.29, 1.82) is 0 Å². The van der Waals surface area contributed by atoms with Crippen molar-refractivity contribution < 1.29 is 4.39 Å². The van der Waals surface area contributed by atoms with E-state index < -0.39 is 0 Å². The smallest absolute Gasteiger partial charge is 0.123 e. The highest BCUT2D eigenvalue weighted by Gasteiger charge is 2.09. The third-order valence-electron chi connectivity index (χ3n) is 3.16. The van der Waals surface area contributed by atoms with Crippen LogP contribution in [0.15, 0.2) is 42.7 Å². The van der Waals surface area contributed by atoms with Crippen LogP contribution >= 0.6 is 0 Å². The lowest BCUT2D eigenvalue weighted by molar-refractivity contribution is 0.621. The van der Waals surface area contributed by atoms with Gasteiger partial charge in [0.15, 0.2) is 0 Å². The zero-order valence-corrected chi connectivity index (χ0v) is 11.9. The van der Waals surface area contributed by atoms with Gasteiger partial charge in [0.1, 0.15) is 5.82 Å². The van der Waals surface area contributed by atoms with E-state index in [0.717, 1.165) is 29.9 Å². The van der Waals surface area contributed by atoms with Crippen molar-refractivity contribution in [2.45, 2.75) is 20.0 Å². The number of pyridine rings is 1. The maximum absolute atomic E-state index is 13.4. The number of rotatable bonds is 6. The van der Waals surface area contributed by atoms with Crippen LogP contribution in [0.2, 0.25) is 0 Å². The van der Waals surface area contributed by atoms with Gasteiger partial charge in [-0.1, -0.05) is 13.0 Å². The molecule has 1 aromatic carbocycles. The molecule has 0 amide bonds. The normalized spacial score (nSPS) is 10.6. The van der Waals surface area contributed by atoms with Crippen LogP contribution in [0.25, 0.3) is 0 Å². The third kappa shape index (κ3) is 3.78. The van der Waals surface area contributed by atoms with Crippen LogP contribution in [-0.2, 0) is 13.1 Å². The quantitative estimate of drug-likeness (QED) is 0.877. The summed E-state index contributed by atoms with van der Waals surface area (Å²) in [7, 11) is 2.01. The van der Waals surface area contributed by atoms with Crippen LogP contribution in [0, 0.1) is 5.82 Å². The molecule has 0 saturated heterocycles. The van der Waals surface area contributed by atoms with E-state index >= 15 is 0 Å². The first-order valence-electron chi connectivity index (χ1n) is 6.80. The number of halogens is 1. The van der Waals surface area contributed by atoms with Crippen LogP contribution in [0.4, 0.5) is 10.1 Å². The lowest BCUT2D eigenvalue weighted by atomic mass is 10.1. The third-order valence-corrected chi connectivity index (χ3v) is 3.16. The standard InChI is InChI=1S/C16H20FN3/c1-3-18-11-14-9-15(17)6-7-16(14)20(2)12-13-5-4-8-19-10-13/h4-10,18H,3,11-12H2,1-2H3. The largest absolute Gasteiger partial charge is 0.370 e. The van der Waals surface area contributed by atoms with Gasteiger partial charge in [-0.15, -0.1) is 0 Å². The Morgan fingerprint density at radius 2 is 2.15 bits per heavy atom. The molecule has 0 aliphatic rings. The summed E-state index contributed by atoms with van der Waals surface area (Å²) >= 11 is 0. The first-order chi connectivity index (χ1) is 9.70. The van der Waals surface area contributed by atoms with Gasteiger partial charge in [-0.05, 0) is 41.9 Å².